The summed E-state index contributed by atoms with van der Waals surface area (Å²) in [5.41, 5.74) is -0.0480. The summed E-state index contributed by atoms with van der Waals surface area (Å²) in [7, 11) is 0. The third-order valence-electron chi connectivity index (χ3n) is 1.80. The van der Waals surface area contributed by atoms with E-state index in [1.54, 1.807) is 0 Å². The van der Waals surface area contributed by atoms with Crippen molar-refractivity contribution in [3.05, 3.63) is 37.8 Å². The van der Waals surface area contributed by atoms with E-state index in [9.17, 15) is 19.7 Å². The fraction of sp³-hybridized carbons (Fsp3) is 0.111. The lowest BCUT2D eigenvalue weighted by atomic mass is 10.0. The number of carbonyl (C=O) groups is 2. The normalized spacial score (nSPS) is 9.73. The highest BCUT2D eigenvalue weighted by molar-refractivity contribution is 9.10. The number of rotatable bonds is 3. The SMILES string of the molecule is CC(=O)c1c(Br)cc([N+](=O)[O-])cc1C=O. The van der Waals surface area contributed by atoms with Crippen LogP contribution in [0.5, 0.6) is 0 Å². The van der Waals surface area contributed by atoms with Gasteiger partial charge in [-0.3, -0.25) is 19.7 Å². The van der Waals surface area contributed by atoms with Crippen molar-refractivity contribution in [3.63, 3.8) is 0 Å². The summed E-state index contributed by atoms with van der Waals surface area (Å²) in [5.74, 6) is -0.320. The molecular weight excluding hydrogens is 266 g/mol. The van der Waals surface area contributed by atoms with E-state index in [4.69, 9.17) is 0 Å². The van der Waals surface area contributed by atoms with Gasteiger partial charge in [0.15, 0.2) is 12.1 Å². The number of carbonyl (C=O) groups excluding carboxylic acids is 2. The zero-order valence-corrected chi connectivity index (χ0v) is 9.28. The molecule has 0 aromatic heterocycles. The molecule has 6 heteroatoms. The monoisotopic (exact) mass is 271 g/mol. The minimum atomic E-state index is -0.623. The van der Waals surface area contributed by atoms with E-state index in [0.29, 0.717) is 6.29 Å². The van der Waals surface area contributed by atoms with Crippen LogP contribution in [0.25, 0.3) is 0 Å². The molecule has 1 aromatic rings. The van der Waals surface area contributed by atoms with Gasteiger partial charge < -0.3 is 0 Å². The second-order valence-electron chi connectivity index (χ2n) is 2.82. The Labute approximate surface area is 93.4 Å². The first-order valence-corrected chi connectivity index (χ1v) is 4.70. The number of non-ortho nitro benzene ring substituents is 1. The maximum absolute atomic E-state index is 11.2. The number of nitro benzene ring substituents is 1. The van der Waals surface area contributed by atoms with Crippen LogP contribution < -0.4 is 0 Å². The predicted octanol–water partition coefficient (Wildman–Crippen LogP) is 2.37. The lowest BCUT2D eigenvalue weighted by molar-refractivity contribution is -0.384. The van der Waals surface area contributed by atoms with Gasteiger partial charge in [-0.15, -0.1) is 0 Å². The molecular formula is C9H6BrNO4. The van der Waals surface area contributed by atoms with Gasteiger partial charge in [0.1, 0.15) is 0 Å². The molecule has 1 aromatic carbocycles. The Bertz CT molecular complexity index is 456. The zero-order valence-electron chi connectivity index (χ0n) is 7.69. The molecule has 0 unspecified atom stereocenters. The molecule has 0 bridgehead atoms. The molecule has 5 nitrogen and oxygen atoms in total. The van der Waals surface area contributed by atoms with Crippen LogP contribution in [-0.4, -0.2) is 17.0 Å². The van der Waals surface area contributed by atoms with Crippen molar-refractivity contribution in [2.24, 2.45) is 0 Å². The zero-order chi connectivity index (χ0) is 11.6. The Morgan fingerprint density at radius 1 is 1.53 bits per heavy atom. The molecule has 78 valence electrons. The molecule has 0 radical (unpaired) electrons. The summed E-state index contributed by atoms with van der Waals surface area (Å²) in [6.45, 7) is 1.29. The van der Waals surface area contributed by atoms with Crippen molar-refractivity contribution in [1.29, 1.82) is 0 Å². The molecule has 1 rings (SSSR count). The topological polar surface area (TPSA) is 77.3 Å². The van der Waals surface area contributed by atoms with E-state index < -0.39 is 4.92 Å². The molecule has 15 heavy (non-hydrogen) atoms. The van der Waals surface area contributed by atoms with Crippen LogP contribution in [0.2, 0.25) is 0 Å². The van der Waals surface area contributed by atoms with Crippen molar-refractivity contribution in [2.75, 3.05) is 0 Å². The standard InChI is InChI=1S/C9H6BrNO4/c1-5(13)9-6(4-12)2-7(11(14)15)3-8(9)10/h2-4H,1H3. The number of hydrogen-bond donors (Lipinski definition) is 0. The highest BCUT2D eigenvalue weighted by Crippen LogP contribution is 2.26. The Kier molecular flexibility index (Phi) is 3.31. The third-order valence-corrected chi connectivity index (χ3v) is 2.42. The molecule has 0 fully saturated rings. The van der Waals surface area contributed by atoms with E-state index in [1.807, 2.05) is 0 Å². The maximum atomic E-state index is 11.2. The first-order chi connectivity index (χ1) is 6.97. The molecule has 0 heterocycles. The molecule has 0 atom stereocenters. The maximum Gasteiger partial charge on any atom is 0.271 e. The van der Waals surface area contributed by atoms with Crippen molar-refractivity contribution >= 4 is 33.7 Å². The predicted molar refractivity (Wildman–Crippen MR) is 56.2 cm³/mol. The fourth-order valence-electron chi connectivity index (χ4n) is 1.18. The van der Waals surface area contributed by atoms with Crippen LogP contribution in [0.1, 0.15) is 27.6 Å². The van der Waals surface area contributed by atoms with Gasteiger partial charge in [-0.05, 0) is 22.9 Å². The lowest BCUT2D eigenvalue weighted by Gasteiger charge is -2.03. The van der Waals surface area contributed by atoms with Crippen molar-refractivity contribution in [1.82, 2.24) is 0 Å². The second kappa shape index (κ2) is 4.31. The number of nitrogens with zero attached hydrogens (tertiary/aromatic N) is 1. The van der Waals surface area contributed by atoms with Gasteiger partial charge in [-0.2, -0.15) is 0 Å². The van der Waals surface area contributed by atoms with Gasteiger partial charge in [-0.1, -0.05) is 0 Å². The number of ketones is 1. The second-order valence-corrected chi connectivity index (χ2v) is 3.68. The summed E-state index contributed by atoms with van der Waals surface area (Å²) in [4.78, 5) is 31.7. The van der Waals surface area contributed by atoms with Gasteiger partial charge in [0.2, 0.25) is 0 Å². The van der Waals surface area contributed by atoms with Crippen LogP contribution in [-0.2, 0) is 0 Å². The van der Waals surface area contributed by atoms with Crippen molar-refractivity contribution in [2.45, 2.75) is 6.92 Å². The quantitative estimate of drug-likeness (QED) is 0.366. The van der Waals surface area contributed by atoms with Crippen LogP contribution in [0.3, 0.4) is 0 Å². The van der Waals surface area contributed by atoms with Gasteiger partial charge in [0.25, 0.3) is 5.69 Å². The molecule has 0 spiro atoms. The first-order valence-electron chi connectivity index (χ1n) is 3.91. The summed E-state index contributed by atoms with van der Waals surface area (Å²) < 4.78 is 0.256. The number of aldehydes is 1. The van der Waals surface area contributed by atoms with Gasteiger partial charge in [0, 0.05) is 27.7 Å². The van der Waals surface area contributed by atoms with Crippen LogP contribution in [0, 0.1) is 10.1 Å². The minimum Gasteiger partial charge on any atom is -0.298 e. The van der Waals surface area contributed by atoms with E-state index in [1.165, 1.54) is 13.0 Å². The molecule has 0 aliphatic carbocycles. The van der Waals surface area contributed by atoms with E-state index in [-0.39, 0.29) is 27.1 Å². The molecule has 0 saturated heterocycles. The molecule has 0 amide bonds. The summed E-state index contributed by atoms with van der Waals surface area (Å²) in [5, 5.41) is 10.5. The van der Waals surface area contributed by atoms with Crippen LogP contribution in [0.15, 0.2) is 16.6 Å². The fourth-order valence-corrected chi connectivity index (χ4v) is 1.93. The Hall–Kier alpha value is -1.56. The number of nitro groups is 1. The number of benzene rings is 1. The third kappa shape index (κ3) is 2.27. The van der Waals surface area contributed by atoms with E-state index in [0.717, 1.165) is 6.07 Å². The van der Waals surface area contributed by atoms with E-state index in [2.05, 4.69) is 15.9 Å². The first kappa shape index (κ1) is 11.5. The summed E-state index contributed by atoms with van der Waals surface area (Å²) in [6.07, 6.45) is 0.425. The van der Waals surface area contributed by atoms with Gasteiger partial charge in [-0.25, -0.2) is 0 Å². The summed E-state index contributed by atoms with van der Waals surface area (Å²) in [6, 6.07) is 2.28. The van der Waals surface area contributed by atoms with Gasteiger partial charge >= 0.3 is 0 Å². The average Bonchev–Trinajstić information content (AvgIpc) is 2.15. The lowest BCUT2D eigenvalue weighted by Crippen LogP contribution is -2.02. The highest BCUT2D eigenvalue weighted by Gasteiger charge is 2.17. The number of Topliss-reactive ketones (excluding diaryl/α,β-unsaturated/α-hetero) is 1. The highest BCUT2D eigenvalue weighted by atomic mass is 79.9. The van der Waals surface area contributed by atoms with E-state index >= 15 is 0 Å². The molecule has 0 N–H and O–H groups in total. The Morgan fingerprint density at radius 2 is 2.13 bits per heavy atom. The van der Waals surface area contributed by atoms with Gasteiger partial charge in [0.05, 0.1) is 4.92 Å². The number of halogens is 1. The summed E-state index contributed by atoms with van der Waals surface area (Å²) >= 11 is 3.02. The molecule has 0 aliphatic rings. The minimum absolute atomic E-state index is 0.0172. The van der Waals surface area contributed by atoms with Crippen molar-refractivity contribution < 1.29 is 14.5 Å². The molecule has 0 aliphatic heterocycles. The Morgan fingerprint density at radius 3 is 2.53 bits per heavy atom. The van der Waals surface area contributed by atoms with Crippen LogP contribution >= 0.6 is 15.9 Å². The smallest absolute Gasteiger partial charge is 0.271 e. The number of hydrogen-bond acceptors (Lipinski definition) is 4. The average molecular weight is 272 g/mol. The molecule has 0 saturated carbocycles. The van der Waals surface area contributed by atoms with Crippen molar-refractivity contribution in [3.8, 4) is 0 Å². The largest absolute Gasteiger partial charge is 0.298 e. The Balaban J connectivity index is 3.50. The van der Waals surface area contributed by atoms with Crippen LogP contribution in [0.4, 0.5) is 5.69 Å².